The first kappa shape index (κ1) is 9.70. The minimum atomic E-state index is -4.50. The minimum Gasteiger partial charge on any atom is -0.298 e. The Bertz CT molecular complexity index is 333. The highest BCUT2D eigenvalue weighted by molar-refractivity contribution is 5.77. The molecule has 0 atom stereocenters. The van der Waals surface area contributed by atoms with E-state index in [1.807, 2.05) is 0 Å². The SMILES string of the molecule is Cc1cc(C(F)(F)F)c(C=O)cn1. The van der Waals surface area contributed by atoms with E-state index in [9.17, 15) is 18.0 Å². The molecule has 5 heteroatoms. The predicted molar refractivity (Wildman–Crippen MR) is 39.4 cm³/mol. The fourth-order valence-electron chi connectivity index (χ4n) is 0.910. The maximum Gasteiger partial charge on any atom is 0.417 e. The van der Waals surface area contributed by atoms with Crippen molar-refractivity contribution >= 4 is 6.29 Å². The van der Waals surface area contributed by atoms with E-state index in [4.69, 9.17) is 0 Å². The Morgan fingerprint density at radius 3 is 2.54 bits per heavy atom. The molecular weight excluding hydrogens is 183 g/mol. The van der Waals surface area contributed by atoms with E-state index in [0.717, 1.165) is 12.3 Å². The summed E-state index contributed by atoms with van der Waals surface area (Å²) in [5.41, 5.74) is -1.13. The molecule has 1 heterocycles. The van der Waals surface area contributed by atoms with Crippen molar-refractivity contribution in [2.75, 3.05) is 0 Å². The molecule has 1 rings (SSSR count). The van der Waals surface area contributed by atoms with Gasteiger partial charge in [0.1, 0.15) is 0 Å². The number of aromatic nitrogens is 1. The summed E-state index contributed by atoms with van der Waals surface area (Å²) in [7, 11) is 0. The lowest BCUT2D eigenvalue weighted by molar-refractivity contribution is -0.137. The molecule has 0 aromatic carbocycles. The number of hydrogen-bond donors (Lipinski definition) is 0. The van der Waals surface area contributed by atoms with Crippen molar-refractivity contribution in [2.45, 2.75) is 13.1 Å². The largest absolute Gasteiger partial charge is 0.417 e. The first-order chi connectivity index (χ1) is 5.95. The van der Waals surface area contributed by atoms with E-state index in [0.29, 0.717) is 0 Å². The second-order valence-corrected chi connectivity index (χ2v) is 2.53. The molecule has 0 fully saturated rings. The van der Waals surface area contributed by atoms with Gasteiger partial charge in [-0.2, -0.15) is 13.2 Å². The zero-order chi connectivity index (χ0) is 10.1. The second-order valence-electron chi connectivity index (χ2n) is 2.53. The van der Waals surface area contributed by atoms with Gasteiger partial charge in [0, 0.05) is 17.5 Å². The van der Waals surface area contributed by atoms with Crippen molar-refractivity contribution in [1.82, 2.24) is 4.98 Å². The molecule has 0 saturated carbocycles. The average Bonchev–Trinajstić information content (AvgIpc) is 2.03. The molecule has 0 aliphatic heterocycles. The van der Waals surface area contributed by atoms with Crippen molar-refractivity contribution in [2.24, 2.45) is 0 Å². The second kappa shape index (κ2) is 3.16. The highest BCUT2D eigenvalue weighted by Gasteiger charge is 2.33. The van der Waals surface area contributed by atoms with Crippen LogP contribution in [-0.4, -0.2) is 11.3 Å². The van der Waals surface area contributed by atoms with Crippen LogP contribution in [0.25, 0.3) is 0 Å². The van der Waals surface area contributed by atoms with Crippen LogP contribution in [0.5, 0.6) is 0 Å². The lowest BCUT2D eigenvalue weighted by Gasteiger charge is -2.08. The summed E-state index contributed by atoms with van der Waals surface area (Å²) in [4.78, 5) is 13.8. The molecule has 1 aromatic rings. The van der Waals surface area contributed by atoms with E-state index in [1.165, 1.54) is 6.92 Å². The topological polar surface area (TPSA) is 30.0 Å². The normalized spacial score (nSPS) is 11.4. The molecule has 0 radical (unpaired) electrons. The molecule has 1 aromatic heterocycles. The molecule has 70 valence electrons. The summed E-state index contributed by atoms with van der Waals surface area (Å²) in [5, 5.41) is 0. The van der Waals surface area contributed by atoms with Gasteiger partial charge in [-0.1, -0.05) is 0 Å². The third kappa shape index (κ3) is 2.05. The number of hydrogen-bond acceptors (Lipinski definition) is 2. The lowest BCUT2D eigenvalue weighted by Crippen LogP contribution is -2.09. The Labute approximate surface area is 72.4 Å². The van der Waals surface area contributed by atoms with Gasteiger partial charge in [0.2, 0.25) is 0 Å². The molecule has 0 aliphatic rings. The number of halogens is 3. The molecule has 2 nitrogen and oxygen atoms in total. The monoisotopic (exact) mass is 189 g/mol. The number of pyridine rings is 1. The van der Waals surface area contributed by atoms with Gasteiger partial charge in [-0.15, -0.1) is 0 Å². The lowest BCUT2D eigenvalue weighted by atomic mass is 10.1. The Hall–Kier alpha value is -1.39. The van der Waals surface area contributed by atoms with Crippen LogP contribution in [0.15, 0.2) is 12.3 Å². The van der Waals surface area contributed by atoms with Gasteiger partial charge in [0.05, 0.1) is 5.56 Å². The van der Waals surface area contributed by atoms with Crippen LogP contribution in [0.4, 0.5) is 13.2 Å². The number of rotatable bonds is 1. The van der Waals surface area contributed by atoms with Crippen LogP contribution >= 0.6 is 0 Å². The summed E-state index contributed by atoms with van der Waals surface area (Å²) < 4.78 is 36.7. The summed E-state index contributed by atoms with van der Waals surface area (Å²) in [6.45, 7) is 1.43. The molecule has 0 amide bonds. The minimum absolute atomic E-state index is 0.148. The van der Waals surface area contributed by atoms with Gasteiger partial charge < -0.3 is 0 Å². The van der Waals surface area contributed by atoms with Crippen molar-refractivity contribution in [3.63, 3.8) is 0 Å². The molecule has 0 aliphatic carbocycles. The van der Waals surface area contributed by atoms with Gasteiger partial charge in [0.15, 0.2) is 6.29 Å². The fourth-order valence-corrected chi connectivity index (χ4v) is 0.910. The average molecular weight is 189 g/mol. The first-order valence-electron chi connectivity index (χ1n) is 3.44. The number of aryl methyl sites for hydroxylation is 1. The zero-order valence-corrected chi connectivity index (χ0v) is 6.72. The summed E-state index contributed by atoms with van der Waals surface area (Å²) in [6, 6.07) is 0.851. The van der Waals surface area contributed by atoms with Gasteiger partial charge in [-0.3, -0.25) is 9.78 Å². The summed E-state index contributed by atoms with van der Waals surface area (Å²) in [6.07, 6.45) is -3.43. The molecule has 0 unspecified atom stereocenters. The zero-order valence-electron chi connectivity index (χ0n) is 6.72. The van der Waals surface area contributed by atoms with Gasteiger partial charge in [0.25, 0.3) is 0 Å². The van der Waals surface area contributed by atoms with E-state index in [1.54, 1.807) is 0 Å². The number of alkyl halides is 3. The van der Waals surface area contributed by atoms with Crippen molar-refractivity contribution in [3.05, 3.63) is 29.1 Å². The smallest absolute Gasteiger partial charge is 0.298 e. The predicted octanol–water partition coefficient (Wildman–Crippen LogP) is 2.22. The van der Waals surface area contributed by atoms with E-state index in [-0.39, 0.29) is 12.0 Å². The van der Waals surface area contributed by atoms with E-state index in [2.05, 4.69) is 4.98 Å². The Morgan fingerprint density at radius 2 is 2.08 bits per heavy atom. The third-order valence-corrected chi connectivity index (χ3v) is 1.50. The quantitative estimate of drug-likeness (QED) is 0.634. The highest BCUT2D eigenvalue weighted by atomic mass is 19.4. The number of nitrogens with zero attached hydrogens (tertiary/aromatic N) is 1. The molecule has 0 spiro atoms. The van der Waals surface area contributed by atoms with Crippen LogP contribution in [0.2, 0.25) is 0 Å². The van der Waals surface area contributed by atoms with Crippen molar-refractivity contribution in [3.8, 4) is 0 Å². The molecule has 0 bridgehead atoms. The van der Waals surface area contributed by atoms with Crippen LogP contribution in [0.1, 0.15) is 21.6 Å². The van der Waals surface area contributed by atoms with Crippen LogP contribution in [-0.2, 0) is 6.18 Å². The standard InChI is InChI=1S/C8H6F3NO/c1-5-2-7(8(9,10)11)6(4-13)3-12-5/h2-4H,1H3. The summed E-state index contributed by atoms with van der Waals surface area (Å²) >= 11 is 0. The van der Waals surface area contributed by atoms with Crippen LogP contribution in [0, 0.1) is 6.92 Å². The molecule has 13 heavy (non-hydrogen) atoms. The fraction of sp³-hybridized carbons (Fsp3) is 0.250. The molecule has 0 N–H and O–H groups in total. The van der Waals surface area contributed by atoms with Gasteiger partial charge in [-0.05, 0) is 13.0 Å². The maximum absolute atomic E-state index is 12.2. The molecular formula is C8H6F3NO. The molecule has 0 saturated heterocycles. The van der Waals surface area contributed by atoms with Crippen molar-refractivity contribution < 1.29 is 18.0 Å². The van der Waals surface area contributed by atoms with Gasteiger partial charge in [-0.25, -0.2) is 0 Å². The first-order valence-corrected chi connectivity index (χ1v) is 3.44. The third-order valence-electron chi connectivity index (χ3n) is 1.50. The Kier molecular flexibility index (Phi) is 2.36. The van der Waals surface area contributed by atoms with E-state index >= 15 is 0 Å². The number of aldehydes is 1. The van der Waals surface area contributed by atoms with Crippen LogP contribution in [0.3, 0.4) is 0 Å². The van der Waals surface area contributed by atoms with Crippen LogP contribution < -0.4 is 0 Å². The van der Waals surface area contributed by atoms with Gasteiger partial charge >= 0.3 is 6.18 Å². The van der Waals surface area contributed by atoms with E-state index < -0.39 is 17.3 Å². The number of carbonyl (C=O) groups is 1. The number of carbonyl (C=O) groups excluding carboxylic acids is 1. The maximum atomic E-state index is 12.2. The highest BCUT2D eigenvalue weighted by Crippen LogP contribution is 2.31. The Balaban J connectivity index is 3.32. The van der Waals surface area contributed by atoms with Crippen molar-refractivity contribution in [1.29, 1.82) is 0 Å². The Morgan fingerprint density at radius 1 is 1.46 bits per heavy atom. The summed E-state index contributed by atoms with van der Waals surface area (Å²) in [5.74, 6) is 0.